The third kappa shape index (κ3) is 4.72. The van der Waals surface area contributed by atoms with Gasteiger partial charge in [0, 0.05) is 44.3 Å². The summed E-state index contributed by atoms with van der Waals surface area (Å²) in [6.07, 6.45) is 8.39. The summed E-state index contributed by atoms with van der Waals surface area (Å²) in [4.78, 5) is 18.0. The van der Waals surface area contributed by atoms with Crippen molar-refractivity contribution < 1.29 is 4.74 Å². The van der Waals surface area contributed by atoms with Gasteiger partial charge in [-0.1, -0.05) is 25.2 Å². The first kappa shape index (κ1) is 21.5. The Bertz CT molecular complexity index is 1050. The van der Waals surface area contributed by atoms with Crippen molar-refractivity contribution in [2.75, 3.05) is 36.9 Å². The van der Waals surface area contributed by atoms with Crippen LogP contribution in [0.3, 0.4) is 0 Å². The van der Waals surface area contributed by atoms with Crippen LogP contribution < -0.4 is 10.6 Å². The van der Waals surface area contributed by atoms with Crippen molar-refractivity contribution in [1.29, 1.82) is 0 Å². The monoisotopic (exact) mass is 456 g/mol. The number of thiazole rings is 1. The summed E-state index contributed by atoms with van der Waals surface area (Å²) in [6, 6.07) is 1.08. The molecule has 0 spiro atoms. The number of anilines is 3. The molecular weight excluding hydrogens is 424 g/mol. The molecule has 1 saturated carbocycles. The Kier molecular flexibility index (Phi) is 6.25. The maximum absolute atomic E-state index is 5.52. The molecule has 3 aromatic rings. The number of morpholine rings is 1. The fourth-order valence-electron chi connectivity index (χ4n) is 4.58. The molecule has 32 heavy (non-hydrogen) atoms. The Morgan fingerprint density at radius 2 is 1.88 bits per heavy atom. The van der Waals surface area contributed by atoms with E-state index in [2.05, 4.69) is 34.5 Å². The minimum atomic E-state index is 0.362. The smallest absolute Gasteiger partial charge is 0.230 e. The summed E-state index contributed by atoms with van der Waals surface area (Å²) in [5, 5.41) is 12.3. The summed E-state index contributed by atoms with van der Waals surface area (Å²) in [5.74, 6) is 1.77. The zero-order valence-corrected chi connectivity index (χ0v) is 19.9. The van der Waals surface area contributed by atoms with Gasteiger partial charge in [-0.15, -0.1) is 0 Å². The van der Waals surface area contributed by atoms with Crippen molar-refractivity contribution in [2.24, 2.45) is 7.05 Å². The number of nitrogens with one attached hydrogen (secondary N) is 2. The van der Waals surface area contributed by atoms with E-state index < -0.39 is 0 Å². The van der Waals surface area contributed by atoms with E-state index in [9.17, 15) is 0 Å². The molecule has 5 rings (SSSR count). The van der Waals surface area contributed by atoms with Gasteiger partial charge in [0.05, 0.1) is 30.1 Å². The molecule has 0 bridgehead atoms. The van der Waals surface area contributed by atoms with Crippen LogP contribution in [0.25, 0.3) is 10.3 Å². The van der Waals surface area contributed by atoms with E-state index in [-0.39, 0.29) is 0 Å². The van der Waals surface area contributed by atoms with Crippen LogP contribution in [0.5, 0.6) is 0 Å². The van der Waals surface area contributed by atoms with Crippen LogP contribution in [0.4, 0.5) is 17.5 Å². The van der Waals surface area contributed by atoms with E-state index in [4.69, 9.17) is 19.7 Å². The number of hydrogen-bond acceptors (Lipinski definition) is 9. The molecule has 0 radical (unpaired) electrons. The lowest BCUT2D eigenvalue weighted by Crippen LogP contribution is -2.46. The van der Waals surface area contributed by atoms with E-state index in [1.807, 2.05) is 13.2 Å². The maximum Gasteiger partial charge on any atom is 0.230 e. The zero-order valence-electron chi connectivity index (χ0n) is 19.0. The number of fused-ring (bicyclic) bond motifs is 1. The Morgan fingerprint density at radius 3 is 2.56 bits per heavy atom. The Balaban J connectivity index is 1.34. The molecule has 2 aliphatic rings. The molecule has 10 heteroatoms. The van der Waals surface area contributed by atoms with Crippen LogP contribution in [0.1, 0.15) is 50.5 Å². The summed E-state index contributed by atoms with van der Waals surface area (Å²) >= 11 is 1.65. The molecule has 1 aliphatic carbocycles. The number of aromatic nitrogens is 5. The van der Waals surface area contributed by atoms with E-state index in [0.717, 1.165) is 66.0 Å². The highest BCUT2D eigenvalue weighted by molar-refractivity contribution is 7.18. The third-order valence-electron chi connectivity index (χ3n) is 6.33. The molecule has 1 aliphatic heterocycles. The highest BCUT2D eigenvalue weighted by Gasteiger charge is 2.28. The van der Waals surface area contributed by atoms with Crippen LogP contribution in [0, 0.1) is 0 Å². The van der Waals surface area contributed by atoms with Crippen molar-refractivity contribution in [1.82, 2.24) is 29.6 Å². The van der Waals surface area contributed by atoms with Gasteiger partial charge in [0.25, 0.3) is 0 Å². The van der Waals surface area contributed by atoms with Gasteiger partial charge in [0.1, 0.15) is 5.52 Å². The number of rotatable bonds is 6. The Morgan fingerprint density at radius 1 is 1.09 bits per heavy atom. The number of ether oxygens (including phenoxy) is 1. The van der Waals surface area contributed by atoms with Crippen LogP contribution in [0.2, 0.25) is 0 Å². The molecule has 2 N–H and O–H groups in total. The SMILES string of the molecule is CC(C)c1nc2c(N[C@H]3CC[C@H](N4CCOCC4)CC3)nc(Nc3cnn(C)c3)nc2s1. The van der Waals surface area contributed by atoms with Crippen molar-refractivity contribution >= 4 is 39.1 Å². The van der Waals surface area contributed by atoms with E-state index in [1.165, 1.54) is 12.8 Å². The summed E-state index contributed by atoms with van der Waals surface area (Å²) in [7, 11) is 1.90. The molecule has 3 aromatic heterocycles. The van der Waals surface area contributed by atoms with E-state index >= 15 is 0 Å². The van der Waals surface area contributed by atoms with Gasteiger partial charge in [-0.25, -0.2) is 4.98 Å². The average molecular weight is 457 g/mol. The molecule has 1 saturated heterocycles. The second kappa shape index (κ2) is 9.29. The maximum atomic E-state index is 5.52. The normalized spacial score (nSPS) is 22.5. The first-order chi connectivity index (χ1) is 15.5. The third-order valence-corrected chi connectivity index (χ3v) is 7.58. The lowest BCUT2D eigenvalue weighted by Gasteiger charge is -2.39. The summed E-state index contributed by atoms with van der Waals surface area (Å²) in [5.41, 5.74) is 1.75. The van der Waals surface area contributed by atoms with Gasteiger partial charge in [-0.05, 0) is 25.7 Å². The van der Waals surface area contributed by atoms with Crippen molar-refractivity contribution in [3.05, 3.63) is 17.4 Å². The molecule has 0 atom stereocenters. The standard InChI is InChI=1S/C22H32N8OS/c1-14(2)20-26-18-19(24-15-4-6-17(7-5-15)30-8-10-31-11-9-30)27-22(28-21(18)32-20)25-16-12-23-29(3)13-16/h12-15,17H,4-11H2,1-3H3,(H2,24,25,27,28)/t15-,17-. The fraction of sp³-hybridized carbons (Fsp3) is 0.636. The minimum Gasteiger partial charge on any atom is -0.379 e. The van der Waals surface area contributed by atoms with E-state index in [1.54, 1.807) is 22.2 Å². The van der Waals surface area contributed by atoms with Crippen molar-refractivity contribution in [3.8, 4) is 0 Å². The quantitative estimate of drug-likeness (QED) is 0.579. The molecule has 172 valence electrons. The van der Waals surface area contributed by atoms with Crippen LogP contribution >= 0.6 is 11.3 Å². The Hall–Kier alpha value is -2.30. The van der Waals surface area contributed by atoms with E-state index in [0.29, 0.717) is 23.9 Å². The highest BCUT2D eigenvalue weighted by Crippen LogP contribution is 2.33. The minimum absolute atomic E-state index is 0.362. The average Bonchev–Trinajstić information content (AvgIpc) is 3.41. The predicted octanol–water partition coefficient (Wildman–Crippen LogP) is 3.74. The number of hydrogen-bond donors (Lipinski definition) is 2. The molecule has 4 heterocycles. The second-order valence-electron chi connectivity index (χ2n) is 9.08. The molecular formula is C22H32N8OS. The molecule has 0 unspecified atom stereocenters. The topological polar surface area (TPSA) is 93.0 Å². The molecule has 2 fully saturated rings. The molecule has 0 amide bonds. The van der Waals surface area contributed by atoms with Crippen molar-refractivity contribution in [2.45, 2.75) is 57.5 Å². The predicted molar refractivity (Wildman–Crippen MR) is 128 cm³/mol. The van der Waals surface area contributed by atoms with Gasteiger partial charge in [0.2, 0.25) is 5.95 Å². The van der Waals surface area contributed by atoms with Gasteiger partial charge >= 0.3 is 0 Å². The fourth-order valence-corrected chi connectivity index (χ4v) is 5.52. The van der Waals surface area contributed by atoms with Gasteiger partial charge in [-0.2, -0.15) is 15.1 Å². The number of aryl methyl sites for hydroxylation is 1. The Labute approximate surface area is 192 Å². The van der Waals surface area contributed by atoms with Crippen LogP contribution in [0.15, 0.2) is 12.4 Å². The molecule has 0 aromatic carbocycles. The lowest BCUT2D eigenvalue weighted by molar-refractivity contribution is 0.00791. The largest absolute Gasteiger partial charge is 0.379 e. The van der Waals surface area contributed by atoms with Crippen LogP contribution in [-0.2, 0) is 11.8 Å². The van der Waals surface area contributed by atoms with Crippen molar-refractivity contribution in [3.63, 3.8) is 0 Å². The summed E-state index contributed by atoms with van der Waals surface area (Å²) < 4.78 is 7.28. The van der Waals surface area contributed by atoms with Crippen LogP contribution in [-0.4, -0.2) is 68.0 Å². The number of nitrogens with zero attached hydrogens (tertiary/aromatic N) is 6. The highest BCUT2D eigenvalue weighted by atomic mass is 32.1. The summed E-state index contributed by atoms with van der Waals surface area (Å²) in [6.45, 7) is 8.20. The first-order valence-corrected chi connectivity index (χ1v) is 12.4. The second-order valence-corrected chi connectivity index (χ2v) is 10.1. The van der Waals surface area contributed by atoms with Gasteiger partial charge in [-0.3, -0.25) is 9.58 Å². The first-order valence-electron chi connectivity index (χ1n) is 11.6. The molecule has 9 nitrogen and oxygen atoms in total. The lowest BCUT2D eigenvalue weighted by atomic mass is 9.90. The zero-order chi connectivity index (χ0) is 22.1. The van der Waals surface area contributed by atoms with Gasteiger partial charge in [0.15, 0.2) is 10.6 Å². The van der Waals surface area contributed by atoms with Gasteiger partial charge < -0.3 is 15.4 Å².